The summed E-state index contributed by atoms with van der Waals surface area (Å²) in [7, 11) is 2.75. The molecule has 0 N–H and O–H groups in total. The maximum Gasteiger partial charge on any atom is 0.323 e. The Labute approximate surface area is 102 Å². The fourth-order valence-electron chi connectivity index (χ4n) is 2.32. The molecule has 2 atom stereocenters. The maximum atomic E-state index is 11.6. The van der Waals surface area contributed by atoms with Crippen LogP contribution in [0.2, 0.25) is 0 Å². The largest absolute Gasteiger partial charge is 0.468 e. The van der Waals surface area contributed by atoms with Crippen LogP contribution in [0.1, 0.15) is 26.7 Å². The summed E-state index contributed by atoms with van der Waals surface area (Å²) in [6, 6.07) is -0.627. The van der Waals surface area contributed by atoms with E-state index >= 15 is 0 Å². The van der Waals surface area contributed by atoms with E-state index in [9.17, 15) is 9.59 Å². The zero-order valence-corrected chi connectivity index (χ0v) is 10.9. The summed E-state index contributed by atoms with van der Waals surface area (Å²) in [5, 5.41) is 0. The van der Waals surface area contributed by atoms with E-state index in [-0.39, 0.29) is 24.0 Å². The van der Waals surface area contributed by atoms with Gasteiger partial charge < -0.3 is 9.47 Å². The van der Waals surface area contributed by atoms with E-state index in [1.165, 1.54) is 14.2 Å². The van der Waals surface area contributed by atoms with Crippen molar-refractivity contribution in [3.8, 4) is 0 Å². The molecule has 1 aliphatic heterocycles. The second kappa shape index (κ2) is 6.00. The Morgan fingerprint density at radius 2 is 1.53 bits per heavy atom. The van der Waals surface area contributed by atoms with Crippen molar-refractivity contribution >= 4 is 11.9 Å². The summed E-state index contributed by atoms with van der Waals surface area (Å²) < 4.78 is 9.55. The fraction of sp³-hybridized carbons (Fsp3) is 0.833. The summed E-state index contributed by atoms with van der Waals surface area (Å²) in [5.41, 5.74) is 0. The zero-order valence-electron chi connectivity index (χ0n) is 10.9. The van der Waals surface area contributed by atoms with Crippen molar-refractivity contribution < 1.29 is 19.1 Å². The SMILES string of the molecule is COC(=O)C1CCC(C(=O)OC)N1CC(C)C. The molecule has 5 nitrogen and oxygen atoms in total. The first-order chi connectivity index (χ1) is 8.01. The summed E-state index contributed by atoms with van der Waals surface area (Å²) in [4.78, 5) is 25.2. The molecule has 5 heteroatoms. The highest BCUT2D eigenvalue weighted by Gasteiger charge is 2.42. The Morgan fingerprint density at radius 1 is 1.12 bits per heavy atom. The molecule has 17 heavy (non-hydrogen) atoms. The Hall–Kier alpha value is -1.10. The highest BCUT2D eigenvalue weighted by Crippen LogP contribution is 2.26. The summed E-state index contributed by atoms with van der Waals surface area (Å²) >= 11 is 0. The minimum atomic E-state index is -0.313. The molecule has 1 rings (SSSR count). The Bertz CT molecular complexity index is 266. The third-order valence-corrected chi connectivity index (χ3v) is 3.04. The van der Waals surface area contributed by atoms with Crippen LogP contribution in [0.15, 0.2) is 0 Å². The van der Waals surface area contributed by atoms with Gasteiger partial charge in [0.2, 0.25) is 0 Å². The molecule has 98 valence electrons. The Kier molecular flexibility index (Phi) is 4.93. The van der Waals surface area contributed by atoms with E-state index in [1.807, 2.05) is 4.90 Å². The van der Waals surface area contributed by atoms with Crippen molar-refractivity contribution in [1.29, 1.82) is 0 Å². The molecule has 1 aliphatic rings. The third kappa shape index (κ3) is 3.19. The van der Waals surface area contributed by atoms with Gasteiger partial charge in [0.1, 0.15) is 12.1 Å². The van der Waals surface area contributed by atoms with Crippen LogP contribution in [-0.2, 0) is 19.1 Å². The van der Waals surface area contributed by atoms with Gasteiger partial charge in [0.25, 0.3) is 0 Å². The quantitative estimate of drug-likeness (QED) is 0.684. The molecule has 1 fully saturated rings. The van der Waals surface area contributed by atoms with Crippen LogP contribution in [0.25, 0.3) is 0 Å². The molecular weight excluding hydrogens is 222 g/mol. The molecule has 0 aliphatic carbocycles. The topological polar surface area (TPSA) is 55.8 Å². The van der Waals surface area contributed by atoms with Crippen molar-refractivity contribution in [1.82, 2.24) is 4.90 Å². The number of esters is 2. The predicted molar refractivity (Wildman–Crippen MR) is 62.4 cm³/mol. The number of carbonyl (C=O) groups excluding carboxylic acids is 2. The van der Waals surface area contributed by atoms with Crippen molar-refractivity contribution in [2.75, 3.05) is 20.8 Å². The van der Waals surface area contributed by atoms with Crippen molar-refractivity contribution in [2.24, 2.45) is 5.92 Å². The van der Waals surface area contributed by atoms with Gasteiger partial charge in [-0.1, -0.05) is 13.8 Å². The molecular formula is C12H21NO4. The standard InChI is InChI=1S/C12H21NO4/c1-8(2)7-13-9(11(14)16-3)5-6-10(13)12(15)17-4/h8-10H,5-7H2,1-4H3. The molecule has 0 bridgehead atoms. The average molecular weight is 243 g/mol. The first-order valence-corrected chi connectivity index (χ1v) is 5.92. The number of ether oxygens (including phenoxy) is 2. The second-order valence-electron chi connectivity index (χ2n) is 4.75. The normalized spacial score (nSPS) is 25.0. The van der Waals surface area contributed by atoms with Crippen LogP contribution >= 0.6 is 0 Å². The minimum Gasteiger partial charge on any atom is -0.468 e. The van der Waals surface area contributed by atoms with Crippen LogP contribution in [0, 0.1) is 5.92 Å². The van der Waals surface area contributed by atoms with Crippen molar-refractivity contribution in [2.45, 2.75) is 38.8 Å². The van der Waals surface area contributed by atoms with Crippen LogP contribution in [0.3, 0.4) is 0 Å². The molecule has 2 unspecified atom stereocenters. The van der Waals surface area contributed by atoms with Gasteiger partial charge in [0.05, 0.1) is 14.2 Å². The molecule has 1 heterocycles. The van der Waals surface area contributed by atoms with Crippen molar-refractivity contribution in [3.63, 3.8) is 0 Å². The number of likely N-dealkylation sites (tertiary alicyclic amines) is 1. The highest BCUT2D eigenvalue weighted by molar-refractivity contribution is 5.81. The summed E-state index contributed by atoms with van der Waals surface area (Å²) in [6.07, 6.45) is 1.30. The fourth-order valence-corrected chi connectivity index (χ4v) is 2.32. The van der Waals surface area contributed by atoms with E-state index in [2.05, 4.69) is 13.8 Å². The average Bonchev–Trinajstić information content (AvgIpc) is 2.70. The molecule has 0 amide bonds. The van der Waals surface area contributed by atoms with Gasteiger partial charge in [-0.3, -0.25) is 14.5 Å². The number of hydrogen-bond donors (Lipinski definition) is 0. The lowest BCUT2D eigenvalue weighted by Gasteiger charge is -2.28. The predicted octanol–water partition coefficient (Wildman–Crippen LogP) is 0.821. The Balaban J connectivity index is 2.81. The van der Waals surface area contributed by atoms with Crippen LogP contribution in [0.5, 0.6) is 0 Å². The third-order valence-electron chi connectivity index (χ3n) is 3.04. The van der Waals surface area contributed by atoms with Gasteiger partial charge in [-0.25, -0.2) is 0 Å². The highest BCUT2D eigenvalue weighted by atomic mass is 16.5. The number of carbonyl (C=O) groups is 2. The smallest absolute Gasteiger partial charge is 0.323 e. The second-order valence-corrected chi connectivity index (χ2v) is 4.75. The molecule has 0 aromatic heterocycles. The molecule has 0 aromatic rings. The van der Waals surface area contributed by atoms with Gasteiger partial charge in [-0.2, -0.15) is 0 Å². The van der Waals surface area contributed by atoms with Gasteiger partial charge in [-0.15, -0.1) is 0 Å². The molecule has 0 radical (unpaired) electrons. The van der Waals surface area contributed by atoms with Crippen LogP contribution < -0.4 is 0 Å². The van der Waals surface area contributed by atoms with Crippen molar-refractivity contribution in [3.05, 3.63) is 0 Å². The van der Waals surface area contributed by atoms with E-state index in [1.54, 1.807) is 0 Å². The van der Waals surface area contributed by atoms with E-state index < -0.39 is 0 Å². The number of hydrogen-bond acceptors (Lipinski definition) is 5. The summed E-state index contributed by atoms with van der Waals surface area (Å²) in [5.74, 6) is -0.151. The van der Waals surface area contributed by atoms with Gasteiger partial charge in [0.15, 0.2) is 0 Å². The number of rotatable bonds is 4. The zero-order chi connectivity index (χ0) is 13.0. The Morgan fingerprint density at radius 3 is 1.82 bits per heavy atom. The molecule has 0 spiro atoms. The molecule has 0 aromatic carbocycles. The van der Waals surface area contributed by atoms with Crippen LogP contribution in [0.4, 0.5) is 0 Å². The first-order valence-electron chi connectivity index (χ1n) is 5.92. The lowest BCUT2D eigenvalue weighted by molar-refractivity contribution is -0.151. The lowest BCUT2D eigenvalue weighted by atomic mass is 10.1. The van der Waals surface area contributed by atoms with Gasteiger partial charge in [0, 0.05) is 6.54 Å². The van der Waals surface area contributed by atoms with Gasteiger partial charge in [-0.05, 0) is 18.8 Å². The van der Waals surface area contributed by atoms with E-state index in [0.29, 0.717) is 25.3 Å². The van der Waals surface area contributed by atoms with Crippen LogP contribution in [-0.4, -0.2) is 49.7 Å². The van der Waals surface area contributed by atoms with E-state index in [4.69, 9.17) is 9.47 Å². The van der Waals surface area contributed by atoms with E-state index in [0.717, 1.165) is 0 Å². The first kappa shape index (κ1) is 14.0. The number of nitrogens with zero attached hydrogens (tertiary/aromatic N) is 1. The molecule has 0 saturated carbocycles. The monoisotopic (exact) mass is 243 g/mol. The minimum absolute atomic E-state index is 0.267. The maximum absolute atomic E-state index is 11.6. The molecule has 1 saturated heterocycles. The lowest BCUT2D eigenvalue weighted by Crippen LogP contribution is -2.46. The summed E-state index contributed by atoms with van der Waals surface area (Å²) in [6.45, 7) is 4.81. The number of methoxy groups -OCH3 is 2. The van der Waals surface area contributed by atoms with Gasteiger partial charge >= 0.3 is 11.9 Å².